The van der Waals surface area contributed by atoms with E-state index in [-0.39, 0.29) is 0 Å². The molecule has 20 heavy (non-hydrogen) atoms. The SMILES string of the molecule is CCCNc1cccc(NCc2cn(C)nc2CC)n1. The predicted molar refractivity (Wildman–Crippen MR) is 82.9 cm³/mol. The molecule has 0 amide bonds. The highest BCUT2D eigenvalue weighted by molar-refractivity contribution is 5.45. The van der Waals surface area contributed by atoms with Gasteiger partial charge in [-0.1, -0.05) is 19.9 Å². The maximum absolute atomic E-state index is 4.54. The zero-order valence-electron chi connectivity index (χ0n) is 12.5. The molecular formula is C15H23N5. The fourth-order valence-corrected chi connectivity index (χ4v) is 2.10. The molecule has 2 N–H and O–H groups in total. The summed E-state index contributed by atoms with van der Waals surface area (Å²) in [5.41, 5.74) is 2.36. The molecule has 108 valence electrons. The third-order valence-electron chi connectivity index (χ3n) is 3.09. The van der Waals surface area contributed by atoms with Crippen LogP contribution in [0.3, 0.4) is 0 Å². The van der Waals surface area contributed by atoms with Crippen LogP contribution in [0.5, 0.6) is 0 Å². The van der Waals surface area contributed by atoms with Crippen molar-refractivity contribution in [3.63, 3.8) is 0 Å². The Balaban J connectivity index is 1.99. The van der Waals surface area contributed by atoms with Gasteiger partial charge in [0.15, 0.2) is 0 Å². The van der Waals surface area contributed by atoms with Crippen molar-refractivity contribution in [3.8, 4) is 0 Å². The first-order valence-corrected chi connectivity index (χ1v) is 7.19. The number of nitrogens with zero attached hydrogens (tertiary/aromatic N) is 3. The second kappa shape index (κ2) is 6.93. The summed E-state index contributed by atoms with van der Waals surface area (Å²) in [6.45, 7) is 5.96. The number of hydrogen-bond donors (Lipinski definition) is 2. The minimum absolute atomic E-state index is 0.751. The molecule has 2 heterocycles. The molecule has 2 aromatic rings. The van der Waals surface area contributed by atoms with E-state index in [0.29, 0.717) is 0 Å². The number of nitrogens with one attached hydrogen (secondary N) is 2. The van der Waals surface area contributed by atoms with Crippen LogP contribution in [0.4, 0.5) is 11.6 Å². The van der Waals surface area contributed by atoms with Gasteiger partial charge in [-0.2, -0.15) is 5.10 Å². The van der Waals surface area contributed by atoms with Gasteiger partial charge >= 0.3 is 0 Å². The van der Waals surface area contributed by atoms with Gasteiger partial charge in [0.1, 0.15) is 11.6 Å². The molecule has 0 atom stereocenters. The maximum Gasteiger partial charge on any atom is 0.128 e. The fourth-order valence-electron chi connectivity index (χ4n) is 2.10. The fraction of sp³-hybridized carbons (Fsp3) is 0.467. The molecule has 5 heteroatoms. The summed E-state index contributed by atoms with van der Waals surface area (Å²) in [5, 5.41) is 11.1. The second-order valence-electron chi connectivity index (χ2n) is 4.82. The summed E-state index contributed by atoms with van der Waals surface area (Å²) in [4.78, 5) is 4.54. The van der Waals surface area contributed by atoms with Crippen molar-refractivity contribution in [3.05, 3.63) is 35.7 Å². The van der Waals surface area contributed by atoms with Crippen molar-refractivity contribution in [2.75, 3.05) is 17.2 Å². The Morgan fingerprint density at radius 2 is 1.90 bits per heavy atom. The summed E-state index contributed by atoms with van der Waals surface area (Å²) in [7, 11) is 1.95. The lowest BCUT2D eigenvalue weighted by Crippen LogP contribution is -2.06. The Morgan fingerprint density at radius 1 is 1.15 bits per heavy atom. The molecule has 0 saturated carbocycles. The van der Waals surface area contributed by atoms with E-state index < -0.39 is 0 Å². The number of rotatable bonds is 7. The molecule has 2 aromatic heterocycles. The Hall–Kier alpha value is -2.04. The third-order valence-corrected chi connectivity index (χ3v) is 3.09. The number of anilines is 2. The molecule has 0 saturated heterocycles. The van der Waals surface area contributed by atoms with Crippen LogP contribution >= 0.6 is 0 Å². The van der Waals surface area contributed by atoms with Gasteiger partial charge in [0, 0.05) is 31.9 Å². The number of pyridine rings is 1. The van der Waals surface area contributed by atoms with Crippen molar-refractivity contribution in [2.45, 2.75) is 33.2 Å². The standard InChI is InChI=1S/C15H23N5/c1-4-9-16-14-7-6-8-15(18-14)17-10-12-11-20(3)19-13(12)5-2/h6-8,11H,4-5,9-10H2,1-3H3,(H2,16,17,18). The lowest BCUT2D eigenvalue weighted by Gasteiger charge is -2.08. The smallest absolute Gasteiger partial charge is 0.128 e. The average molecular weight is 273 g/mol. The van der Waals surface area contributed by atoms with Crippen LogP contribution in [-0.4, -0.2) is 21.3 Å². The molecule has 2 rings (SSSR count). The summed E-state index contributed by atoms with van der Waals surface area (Å²) in [5.74, 6) is 1.80. The molecule has 0 radical (unpaired) electrons. The van der Waals surface area contributed by atoms with Crippen LogP contribution in [0.2, 0.25) is 0 Å². The molecule has 0 aromatic carbocycles. The van der Waals surface area contributed by atoms with Crippen molar-refractivity contribution in [1.29, 1.82) is 0 Å². The summed E-state index contributed by atoms with van der Waals surface area (Å²) in [6.07, 6.45) is 4.10. The number of hydrogen-bond acceptors (Lipinski definition) is 4. The topological polar surface area (TPSA) is 54.8 Å². The van der Waals surface area contributed by atoms with Crippen LogP contribution in [0.1, 0.15) is 31.5 Å². The maximum atomic E-state index is 4.54. The van der Waals surface area contributed by atoms with Gasteiger partial charge in [-0.3, -0.25) is 4.68 Å². The first kappa shape index (κ1) is 14.4. The summed E-state index contributed by atoms with van der Waals surface area (Å²) < 4.78 is 1.86. The average Bonchev–Trinajstić information content (AvgIpc) is 2.83. The van der Waals surface area contributed by atoms with Crippen LogP contribution in [0.25, 0.3) is 0 Å². The second-order valence-corrected chi connectivity index (χ2v) is 4.82. The van der Waals surface area contributed by atoms with Crippen molar-refractivity contribution in [1.82, 2.24) is 14.8 Å². The van der Waals surface area contributed by atoms with E-state index >= 15 is 0 Å². The van der Waals surface area contributed by atoms with Crippen molar-refractivity contribution >= 4 is 11.6 Å². The largest absolute Gasteiger partial charge is 0.370 e. The van der Waals surface area contributed by atoms with Gasteiger partial charge in [-0.25, -0.2) is 4.98 Å². The van der Waals surface area contributed by atoms with Gasteiger partial charge in [0.05, 0.1) is 5.69 Å². The van der Waals surface area contributed by atoms with E-state index in [0.717, 1.165) is 43.3 Å². The van der Waals surface area contributed by atoms with E-state index in [1.54, 1.807) is 0 Å². The zero-order valence-corrected chi connectivity index (χ0v) is 12.5. The molecule has 0 aliphatic rings. The lowest BCUT2D eigenvalue weighted by molar-refractivity contribution is 0.746. The monoisotopic (exact) mass is 273 g/mol. The Bertz CT molecular complexity index is 547. The van der Waals surface area contributed by atoms with Gasteiger partial charge in [0.25, 0.3) is 0 Å². The van der Waals surface area contributed by atoms with Crippen molar-refractivity contribution < 1.29 is 0 Å². The lowest BCUT2D eigenvalue weighted by atomic mass is 10.2. The first-order valence-electron chi connectivity index (χ1n) is 7.19. The van der Waals surface area contributed by atoms with E-state index in [4.69, 9.17) is 0 Å². The quantitative estimate of drug-likeness (QED) is 0.814. The van der Waals surface area contributed by atoms with E-state index in [2.05, 4.69) is 40.8 Å². The summed E-state index contributed by atoms with van der Waals surface area (Å²) >= 11 is 0. The van der Waals surface area contributed by atoms with Crippen molar-refractivity contribution in [2.24, 2.45) is 7.05 Å². The van der Waals surface area contributed by atoms with E-state index in [1.807, 2.05) is 29.9 Å². The number of aromatic nitrogens is 3. The first-order chi connectivity index (χ1) is 9.72. The van der Waals surface area contributed by atoms with Gasteiger partial charge in [-0.05, 0) is 25.0 Å². The Labute approximate surface area is 120 Å². The molecule has 0 fully saturated rings. The minimum atomic E-state index is 0.751. The van der Waals surface area contributed by atoms with E-state index in [1.165, 1.54) is 5.56 Å². The highest BCUT2D eigenvalue weighted by Crippen LogP contribution is 2.13. The van der Waals surface area contributed by atoms with E-state index in [9.17, 15) is 0 Å². The normalized spacial score (nSPS) is 10.6. The Morgan fingerprint density at radius 3 is 2.60 bits per heavy atom. The highest BCUT2D eigenvalue weighted by atomic mass is 15.3. The van der Waals surface area contributed by atoms with Crippen LogP contribution < -0.4 is 10.6 Å². The van der Waals surface area contributed by atoms with Gasteiger partial charge in [-0.15, -0.1) is 0 Å². The van der Waals surface area contributed by atoms with Crippen LogP contribution in [0.15, 0.2) is 24.4 Å². The van der Waals surface area contributed by atoms with Gasteiger partial charge < -0.3 is 10.6 Å². The predicted octanol–water partition coefficient (Wildman–Crippen LogP) is 2.81. The molecular weight excluding hydrogens is 250 g/mol. The molecule has 0 aliphatic heterocycles. The van der Waals surface area contributed by atoms with Crippen LogP contribution in [-0.2, 0) is 20.0 Å². The van der Waals surface area contributed by atoms with Gasteiger partial charge in [0.2, 0.25) is 0 Å². The van der Waals surface area contributed by atoms with Crippen LogP contribution in [0, 0.1) is 0 Å². The molecule has 0 aliphatic carbocycles. The minimum Gasteiger partial charge on any atom is -0.370 e. The molecule has 5 nitrogen and oxygen atoms in total. The zero-order chi connectivity index (χ0) is 14.4. The number of aryl methyl sites for hydroxylation is 2. The summed E-state index contributed by atoms with van der Waals surface area (Å²) in [6, 6.07) is 5.98. The third kappa shape index (κ3) is 3.73. The highest BCUT2D eigenvalue weighted by Gasteiger charge is 2.05. The molecule has 0 bridgehead atoms. The molecule has 0 spiro atoms. The molecule has 0 unspecified atom stereocenters. The Kier molecular flexibility index (Phi) is 4.98.